The number of nitrogens with one attached hydrogen (secondary N) is 1. The zero-order valence-electron chi connectivity index (χ0n) is 13.9. The second-order valence-corrected chi connectivity index (χ2v) is 8.68. The Balaban J connectivity index is 1.82. The molecule has 1 amide bonds. The summed E-state index contributed by atoms with van der Waals surface area (Å²) in [6.07, 6.45) is 4.50. The van der Waals surface area contributed by atoms with Gasteiger partial charge in [0.25, 0.3) is 0 Å². The first kappa shape index (κ1) is 17.2. The van der Waals surface area contributed by atoms with E-state index in [-0.39, 0.29) is 17.1 Å². The van der Waals surface area contributed by atoms with Crippen molar-refractivity contribution in [1.82, 2.24) is 5.32 Å². The van der Waals surface area contributed by atoms with Gasteiger partial charge in [-0.1, -0.05) is 57.9 Å². The minimum absolute atomic E-state index is 0.0726. The number of benzene rings is 1. The lowest BCUT2D eigenvalue weighted by molar-refractivity contribution is -0.119. The minimum atomic E-state index is -1.14. The molecular formula is C18H27NO2S. The van der Waals surface area contributed by atoms with Gasteiger partial charge in [0.05, 0.1) is 0 Å². The zero-order valence-corrected chi connectivity index (χ0v) is 14.7. The average molecular weight is 321 g/mol. The molecule has 1 fully saturated rings. The molecule has 0 bridgehead atoms. The first-order valence-corrected chi connectivity index (χ1v) is 9.57. The summed E-state index contributed by atoms with van der Waals surface area (Å²) in [5, 5.41) is 2.99. The number of amides is 1. The summed E-state index contributed by atoms with van der Waals surface area (Å²) in [6.45, 7) is 6.52. The molecule has 0 heterocycles. The highest BCUT2D eigenvalue weighted by Gasteiger charge is 2.18. The molecule has 0 aromatic heterocycles. The zero-order chi connectivity index (χ0) is 16.2. The Morgan fingerprint density at radius 3 is 2.32 bits per heavy atom. The Labute approximate surface area is 136 Å². The summed E-state index contributed by atoms with van der Waals surface area (Å²) in [6, 6.07) is 8.52. The van der Waals surface area contributed by atoms with E-state index in [1.807, 2.05) is 12.1 Å². The van der Waals surface area contributed by atoms with Crippen LogP contribution in [0, 0.1) is 0 Å². The van der Waals surface area contributed by atoms with Gasteiger partial charge in [0.15, 0.2) is 0 Å². The first-order valence-electron chi connectivity index (χ1n) is 8.08. The van der Waals surface area contributed by atoms with E-state index in [0.717, 1.165) is 18.4 Å². The van der Waals surface area contributed by atoms with Crippen LogP contribution in [0.25, 0.3) is 0 Å². The lowest BCUT2D eigenvalue weighted by atomic mass is 9.87. The predicted octanol–water partition coefficient (Wildman–Crippen LogP) is 3.29. The third-order valence-electron chi connectivity index (χ3n) is 4.16. The molecule has 0 spiro atoms. The lowest BCUT2D eigenvalue weighted by Crippen LogP contribution is -2.35. The molecule has 4 heteroatoms. The number of carbonyl (C=O) groups excluding carboxylic acids is 1. The highest BCUT2D eigenvalue weighted by molar-refractivity contribution is 7.84. The maximum absolute atomic E-state index is 12.1. The standard InChI is InChI=1S/C18H27NO2S/c1-18(2,3)15-10-8-14(9-11-15)12-22(21)13-17(20)19-16-6-4-5-7-16/h8-11,16H,4-7,12-13H2,1-3H3,(H,19,20). The SMILES string of the molecule is CC(C)(C)c1ccc(CS(=O)CC(=O)NC2CCCC2)cc1. The third-order valence-corrected chi connectivity index (χ3v) is 5.40. The van der Waals surface area contributed by atoms with Crippen LogP contribution in [0.5, 0.6) is 0 Å². The Hall–Kier alpha value is -1.16. The fraction of sp³-hybridized carbons (Fsp3) is 0.611. The molecule has 1 aromatic carbocycles. The van der Waals surface area contributed by atoms with Crippen molar-refractivity contribution < 1.29 is 9.00 Å². The van der Waals surface area contributed by atoms with Gasteiger partial charge in [-0.2, -0.15) is 0 Å². The van der Waals surface area contributed by atoms with Crippen molar-refractivity contribution in [3.63, 3.8) is 0 Å². The van der Waals surface area contributed by atoms with Gasteiger partial charge in [0.1, 0.15) is 5.75 Å². The Morgan fingerprint density at radius 2 is 1.77 bits per heavy atom. The largest absolute Gasteiger partial charge is 0.353 e. The Bertz CT molecular complexity index is 525. The maximum Gasteiger partial charge on any atom is 0.232 e. The van der Waals surface area contributed by atoms with Gasteiger partial charge in [-0.15, -0.1) is 0 Å². The topological polar surface area (TPSA) is 46.2 Å². The summed E-state index contributed by atoms with van der Waals surface area (Å²) in [5.74, 6) is 0.483. The van der Waals surface area contributed by atoms with Gasteiger partial charge in [-0.25, -0.2) is 0 Å². The molecule has 2 rings (SSSR count). The van der Waals surface area contributed by atoms with Crippen LogP contribution in [0.1, 0.15) is 57.6 Å². The number of carbonyl (C=O) groups is 1. The summed E-state index contributed by atoms with van der Waals surface area (Å²) < 4.78 is 12.1. The van der Waals surface area contributed by atoms with E-state index in [2.05, 4.69) is 38.2 Å². The van der Waals surface area contributed by atoms with Crippen LogP contribution in [0.15, 0.2) is 24.3 Å². The van der Waals surface area contributed by atoms with Crippen LogP contribution in [0.3, 0.4) is 0 Å². The van der Waals surface area contributed by atoms with Gasteiger partial charge in [-0.05, 0) is 29.4 Å². The van der Waals surface area contributed by atoms with Crippen LogP contribution >= 0.6 is 0 Å². The molecule has 1 aliphatic carbocycles. The highest BCUT2D eigenvalue weighted by atomic mass is 32.2. The van der Waals surface area contributed by atoms with Crippen molar-refractivity contribution in [2.45, 2.75) is 63.7 Å². The number of hydrogen-bond acceptors (Lipinski definition) is 2. The molecule has 1 aromatic rings. The van der Waals surface area contributed by atoms with Crippen LogP contribution < -0.4 is 5.32 Å². The molecule has 1 aliphatic rings. The quantitative estimate of drug-likeness (QED) is 0.904. The van der Waals surface area contributed by atoms with E-state index < -0.39 is 10.8 Å². The molecule has 1 saturated carbocycles. The molecule has 3 nitrogen and oxygen atoms in total. The summed E-state index contributed by atoms with van der Waals surface area (Å²) in [4.78, 5) is 11.9. The third kappa shape index (κ3) is 5.24. The molecule has 1 atom stereocenters. The van der Waals surface area contributed by atoms with E-state index in [1.165, 1.54) is 18.4 Å². The van der Waals surface area contributed by atoms with E-state index in [1.54, 1.807) is 0 Å². The second kappa shape index (κ2) is 7.40. The Kier molecular flexibility index (Phi) is 5.79. The normalized spacial score (nSPS) is 17.4. The molecule has 22 heavy (non-hydrogen) atoms. The molecule has 1 N–H and O–H groups in total. The van der Waals surface area contributed by atoms with Crippen molar-refractivity contribution in [3.8, 4) is 0 Å². The van der Waals surface area contributed by atoms with Crippen LogP contribution in [0.2, 0.25) is 0 Å². The monoisotopic (exact) mass is 321 g/mol. The molecule has 0 saturated heterocycles. The smallest absolute Gasteiger partial charge is 0.232 e. The lowest BCUT2D eigenvalue weighted by Gasteiger charge is -2.19. The Morgan fingerprint density at radius 1 is 1.18 bits per heavy atom. The fourth-order valence-corrected chi connectivity index (χ4v) is 3.87. The summed E-state index contributed by atoms with van der Waals surface area (Å²) in [7, 11) is -1.14. The van der Waals surface area contributed by atoms with E-state index >= 15 is 0 Å². The van der Waals surface area contributed by atoms with E-state index in [9.17, 15) is 9.00 Å². The minimum Gasteiger partial charge on any atom is -0.353 e. The van der Waals surface area contributed by atoms with E-state index in [4.69, 9.17) is 0 Å². The summed E-state index contributed by atoms with van der Waals surface area (Å²) in [5.41, 5.74) is 2.42. The van der Waals surface area contributed by atoms with Crippen LogP contribution in [-0.2, 0) is 26.8 Å². The number of rotatable bonds is 5. The van der Waals surface area contributed by atoms with Crippen LogP contribution in [0.4, 0.5) is 0 Å². The fourth-order valence-electron chi connectivity index (χ4n) is 2.82. The maximum atomic E-state index is 12.1. The van der Waals surface area contributed by atoms with Gasteiger partial charge >= 0.3 is 0 Å². The molecule has 122 valence electrons. The van der Waals surface area contributed by atoms with Gasteiger partial charge in [0, 0.05) is 22.6 Å². The second-order valence-electron chi connectivity index (χ2n) is 7.22. The summed E-state index contributed by atoms with van der Waals surface area (Å²) >= 11 is 0. The van der Waals surface area contributed by atoms with Crippen molar-refractivity contribution in [3.05, 3.63) is 35.4 Å². The first-order chi connectivity index (χ1) is 10.3. The average Bonchev–Trinajstić information content (AvgIpc) is 2.90. The van der Waals surface area contributed by atoms with Gasteiger partial charge in [-0.3, -0.25) is 9.00 Å². The van der Waals surface area contributed by atoms with Crippen molar-refractivity contribution in [2.24, 2.45) is 0 Å². The molecule has 0 radical (unpaired) electrons. The number of hydrogen-bond donors (Lipinski definition) is 1. The van der Waals surface area contributed by atoms with E-state index in [0.29, 0.717) is 11.8 Å². The molecule has 0 aliphatic heterocycles. The van der Waals surface area contributed by atoms with Crippen molar-refractivity contribution >= 4 is 16.7 Å². The van der Waals surface area contributed by atoms with Crippen molar-refractivity contribution in [2.75, 3.05) is 5.75 Å². The molecular weight excluding hydrogens is 294 g/mol. The van der Waals surface area contributed by atoms with Gasteiger partial charge in [0.2, 0.25) is 5.91 Å². The molecule has 1 unspecified atom stereocenters. The van der Waals surface area contributed by atoms with Gasteiger partial charge < -0.3 is 5.32 Å². The van der Waals surface area contributed by atoms with Crippen molar-refractivity contribution in [1.29, 1.82) is 0 Å². The predicted molar refractivity (Wildman–Crippen MR) is 92.3 cm³/mol. The van der Waals surface area contributed by atoms with Crippen LogP contribution in [-0.4, -0.2) is 21.9 Å². The highest BCUT2D eigenvalue weighted by Crippen LogP contribution is 2.22.